The standard InChI is InChI=1S/C23H17BrCl2N2O2/c1-29-22-8-4-14(10-18(22)24)23-28-20(17-11-16(26)7-9-21(17)30-23)12-19(27-28)13-2-5-15(25)6-3-13/h2-11,20,23H,12H2,1H3/t20-,23+/m1/s1. The summed E-state index contributed by atoms with van der Waals surface area (Å²) in [4.78, 5) is 0. The van der Waals surface area contributed by atoms with Gasteiger partial charge in [-0.2, -0.15) is 5.10 Å². The van der Waals surface area contributed by atoms with E-state index >= 15 is 0 Å². The molecule has 5 rings (SSSR count). The van der Waals surface area contributed by atoms with Crippen molar-refractivity contribution in [2.75, 3.05) is 7.11 Å². The predicted octanol–water partition coefficient (Wildman–Crippen LogP) is 7.01. The molecule has 2 heterocycles. The van der Waals surface area contributed by atoms with Gasteiger partial charge in [-0.15, -0.1) is 0 Å². The summed E-state index contributed by atoms with van der Waals surface area (Å²) in [6.45, 7) is 0. The zero-order valence-electron chi connectivity index (χ0n) is 16.0. The molecule has 2 aliphatic rings. The molecular formula is C23H17BrCl2N2O2. The van der Waals surface area contributed by atoms with Gasteiger partial charge in [-0.1, -0.05) is 35.3 Å². The summed E-state index contributed by atoms with van der Waals surface area (Å²) in [5.74, 6) is 1.59. The molecule has 0 radical (unpaired) electrons. The van der Waals surface area contributed by atoms with E-state index in [1.807, 2.05) is 65.7 Å². The van der Waals surface area contributed by atoms with E-state index in [4.69, 9.17) is 37.8 Å². The van der Waals surface area contributed by atoms with E-state index in [0.717, 1.165) is 44.8 Å². The minimum atomic E-state index is -0.365. The molecule has 0 spiro atoms. The molecule has 0 amide bonds. The molecule has 0 fully saturated rings. The lowest BCUT2D eigenvalue weighted by Gasteiger charge is -2.38. The number of hydrazone groups is 1. The summed E-state index contributed by atoms with van der Waals surface area (Å²) < 4.78 is 12.6. The lowest BCUT2D eigenvalue weighted by atomic mass is 9.96. The molecule has 3 aromatic carbocycles. The fourth-order valence-corrected chi connectivity index (χ4v) is 4.80. The summed E-state index contributed by atoms with van der Waals surface area (Å²) in [6.07, 6.45) is 0.391. The lowest BCUT2D eigenvalue weighted by molar-refractivity contribution is -0.0190. The minimum Gasteiger partial charge on any atom is -0.496 e. The molecule has 0 aromatic heterocycles. The highest BCUT2D eigenvalue weighted by atomic mass is 79.9. The fourth-order valence-electron chi connectivity index (χ4n) is 3.93. The minimum absolute atomic E-state index is 0.0315. The van der Waals surface area contributed by atoms with Crippen LogP contribution in [0.2, 0.25) is 10.0 Å². The molecule has 0 aliphatic carbocycles. The quantitative estimate of drug-likeness (QED) is 0.385. The highest BCUT2D eigenvalue weighted by Gasteiger charge is 2.41. The molecule has 0 saturated heterocycles. The molecule has 0 N–H and O–H groups in total. The second kappa shape index (κ2) is 7.80. The highest BCUT2D eigenvalue weighted by Crippen LogP contribution is 2.48. The van der Waals surface area contributed by atoms with E-state index in [0.29, 0.717) is 10.0 Å². The molecule has 3 aromatic rings. The van der Waals surface area contributed by atoms with E-state index in [2.05, 4.69) is 15.9 Å². The molecule has 0 saturated carbocycles. The van der Waals surface area contributed by atoms with Crippen LogP contribution in [0.1, 0.15) is 35.4 Å². The Morgan fingerprint density at radius 2 is 1.80 bits per heavy atom. The van der Waals surface area contributed by atoms with Crippen molar-refractivity contribution in [3.05, 3.63) is 91.9 Å². The van der Waals surface area contributed by atoms with E-state index in [9.17, 15) is 0 Å². The summed E-state index contributed by atoms with van der Waals surface area (Å²) in [7, 11) is 1.65. The van der Waals surface area contributed by atoms with E-state index in [-0.39, 0.29) is 12.3 Å². The predicted molar refractivity (Wildman–Crippen MR) is 123 cm³/mol. The maximum Gasteiger partial charge on any atom is 0.213 e. The number of methoxy groups -OCH3 is 1. The van der Waals surface area contributed by atoms with Gasteiger partial charge in [-0.3, -0.25) is 0 Å². The Morgan fingerprint density at radius 1 is 1.03 bits per heavy atom. The lowest BCUT2D eigenvalue weighted by Crippen LogP contribution is -2.33. The number of halogens is 3. The van der Waals surface area contributed by atoms with Crippen LogP contribution in [0.15, 0.2) is 70.2 Å². The highest BCUT2D eigenvalue weighted by molar-refractivity contribution is 9.10. The summed E-state index contributed by atoms with van der Waals surface area (Å²) >= 11 is 15.9. The van der Waals surface area contributed by atoms with Crippen LogP contribution in [-0.2, 0) is 0 Å². The average Bonchev–Trinajstić information content (AvgIpc) is 3.19. The Hall–Kier alpha value is -2.21. The third-order valence-electron chi connectivity index (χ3n) is 5.39. The van der Waals surface area contributed by atoms with Gasteiger partial charge in [0.15, 0.2) is 0 Å². The van der Waals surface area contributed by atoms with Crippen molar-refractivity contribution >= 4 is 44.8 Å². The Bertz CT molecular complexity index is 1150. The van der Waals surface area contributed by atoms with Crippen LogP contribution in [0.5, 0.6) is 11.5 Å². The Kier molecular flexibility index (Phi) is 5.13. The van der Waals surface area contributed by atoms with E-state index in [1.165, 1.54) is 0 Å². The van der Waals surface area contributed by atoms with Crippen molar-refractivity contribution in [2.45, 2.75) is 18.7 Å². The first-order valence-electron chi connectivity index (χ1n) is 9.45. The number of ether oxygens (including phenoxy) is 2. The summed E-state index contributed by atoms with van der Waals surface area (Å²) in [5.41, 5.74) is 4.06. The molecule has 30 heavy (non-hydrogen) atoms. The third kappa shape index (κ3) is 3.45. The monoisotopic (exact) mass is 502 g/mol. The zero-order chi connectivity index (χ0) is 20.8. The largest absolute Gasteiger partial charge is 0.496 e. The van der Waals surface area contributed by atoms with Crippen LogP contribution in [0, 0.1) is 0 Å². The first-order valence-corrected chi connectivity index (χ1v) is 11.0. The normalized spacial score (nSPS) is 19.6. The van der Waals surface area contributed by atoms with Gasteiger partial charge in [0.1, 0.15) is 11.5 Å². The van der Waals surface area contributed by atoms with Crippen LogP contribution in [-0.4, -0.2) is 17.8 Å². The number of hydrogen-bond acceptors (Lipinski definition) is 4. The number of nitrogens with zero attached hydrogens (tertiary/aromatic N) is 2. The first kappa shape index (κ1) is 19.7. The maximum absolute atomic E-state index is 6.40. The fraction of sp³-hybridized carbons (Fsp3) is 0.174. The smallest absolute Gasteiger partial charge is 0.213 e. The average molecular weight is 504 g/mol. The van der Waals surface area contributed by atoms with Crippen LogP contribution in [0.3, 0.4) is 0 Å². The van der Waals surface area contributed by atoms with Gasteiger partial charge in [-0.25, -0.2) is 5.01 Å². The van der Waals surface area contributed by atoms with Gasteiger partial charge < -0.3 is 9.47 Å². The number of rotatable bonds is 3. The van der Waals surface area contributed by atoms with Gasteiger partial charge in [0.25, 0.3) is 0 Å². The molecule has 2 atom stereocenters. The van der Waals surface area contributed by atoms with Crippen LogP contribution in [0.25, 0.3) is 0 Å². The van der Waals surface area contributed by atoms with Crippen molar-refractivity contribution in [3.8, 4) is 11.5 Å². The topological polar surface area (TPSA) is 34.1 Å². The molecular weight excluding hydrogens is 487 g/mol. The number of hydrogen-bond donors (Lipinski definition) is 0. The first-order chi connectivity index (χ1) is 14.5. The number of benzene rings is 3. The molecule has 152 valence electrons. The third-order valence-corrected chi connectivity index (χ3v) is 6.50. The summed E-state index contributed by atoms with van der Waals surface area (Å²) in [6, 6.07) is 19.5. The molecule has 0 bridgehead atoms. The van der Waals surface area contributed by atoms with Crippen molar-refractivity contribution in [1.82, 2.24) is 5.01 Å². The Balaban J connectivity index is 1.59. The second-order valence-electron chi connectivity index (χ2n) is 7.20. The van der Waals surface area contributed by atoms with Crippen LogP contribution < -0.4 is 9.47 Å². The van der Waals surface area contributed by atoms with Gasteiger partial charge in [0.2, 0.25) is 6.23 Å². The maximum atomic E-state index is 6.40. The molecule has 2 aliphatic heterocycles. The summed E-state index contributed by atoms with van der Waals surface area (Å²) in [5, 5.41) is 8.37. The molecule has 7 heteroatoms. The van der Waals surface area contributed by atoms with Crippen molar-refractivity contribution in [3.63, 3.8) is 0 Å². The van der Waals surface area contributed by atoms with Crippen molar-refractivity contribution in [1.29, 1.82) is 0 Å². The van der Waals surface area contributed by atoms with Crippen LogP contribution >= 0.6 is 39.1 Å². The Labute approximate surface area is 193 Å². The molecule has 0 unspecified atom stereocenters. The molecule has 4 nitrogen and oxygen atoms in total. The second-order valence-corrected chi connectivity index (χ2v) is 8.93. The van der Waals surface area contributed by atoms with Crippen LogP contribution in [0.4, 0.5) is 0 Å². The van der Waals surface area contributed by atoms with Crippen molar-refractivity contribution < 1.29 is 9.47 Å². The zero-order valence-corrected chi connectivity index (χ0v) is 19.1. The van der Waals surface area contributed by atoms with Gasteiger partial charge in [0, 0.05) is 27.6 Å². The van der Waals surface area contributed by atoms with E-state index in [1.54, 1.807) is 7.11 Å². The Morgan fingerprint density at radius 3 is 2.53 bits per heavy atom. The van der Waals surface area contributed by atoms with Crippen molar-refractivity contribution in [2.24, 2.45) is 5.10 Å². The van der Waals surface area contributed by atoms with Gasteiger partial charge in [0.05, 0.1) is 23.3 Å². The SMILES string of the molecule is COc1ccc([C@@H]2Oc3ccc(Cl)cc3[C@H]3CC(c4ccc(Cl)cc4)=NN32)cc1Br. The number of fused-ring (bicyclic) bond motifs is 3. The van der Waals surface area contributed by atoms with Gasteiger partial charge >= 0.3 is 0 Å². The van der Waals surface area contributed by atoms with Gasteiger partial charge in [-0.05, 0) is 70.0 Å². The van der Waals surface area contributed by atoms with E-state index < -0.39 is 0 Å².